The second-order valence-corrected chi connectivity index (χ2v) is 8.08. The van der Waals surface area contributed by atoms with Gasteiger partial charge < -0.3 is 0 Å². The number of nitrogens with zero attached hydrogens (tertiary/aromatic N) is 3. The lowest BCUT2D eigenvalue weighted by atomic mass is 10.1. The lowest BCUT2D eigenvalue weighted by molar-refractivity contribution is -0.142. The zero-order chi connectivity index (χ0) is 20.1. The van der Waals surface area contributed by atoms with Gasteiger partial charge in [0.2, 0.25) is 0 Å². The van der Waals surface area contributed by atoms with E-state index in [1.54, 1.807) is 48.5 Å². The van der Waals surface area contributed by atoms with Crippen molar-refractivity contribution in [3.8, 4) is 22.5 Å². The lowest BCUT2D eigenvalue weighted by Gasteiger charge is -2.11. The SMILES string of the molecule is FC(F)(F)c1cc(-c2ccc(Br)cc2)nc2c(Br)c(-c3ccc(Cl)cc3)nn12. The van der Waals surface area contributed by atoms with Crippen LogP contribution >= 0.6 is 43.5 Å². The first kappa shape index (κ1) is 19.4. The molecular weight excluding hydrogens is 522 g/mol. The Morgan fingerprint density at radius 2 is 1.50 bits per heavy atom. The fourth-order valence-corrected chi connectivity index (χ4v) is 3.71. The molecule has 0 fully saturated rings. The number of halogens is 6. The van der Waals surface area contributed by atoms with E-state index in [1.807, 2.05) is 0 Å². The molecule has 0 aliphatic carbocycles. The van der Waals surface area contributed by atoms with Crippen molar-refractivity contribution in [1.82, 2.24) is 14.6 Å². The number of hydrogen-bond acceptors (Lipinski definition) is 2. The van der Waals surface area contributed by atoms with Crippen LogP contribution in [0.15, 0.2) is 63.5 Å². The summed E-state index contributed by atoms with van der Waals surface area (Å²) in [6, 6.07) is 14.6. The van der Waals surface area contributed by atoms with Crippen LogP contribution in [0.1, 0.15) is 5.69 Å². The Balaban J connectivity index is 1.99. The number of benzene rings is 2. The monoisotopic (exact) mass is 529 g/mol. The van der Waals surface area contributed by atoms with E-state index in [-0.39, 0.29) is 11.3 Å². The third-order valence-corrected chi connectivity index (χ3v) is 5.59. The van der Waals surface area contributed by atoms with Crippen molar-refractivity contribution in [2.45, 2.75) is 6.18 Å². The summed E-state index contributed by atoms with van der Waals surface area (Å²) in [7, 11) is 0. The van der Waals surface area contributed by atoms with Crippen molar-refractivity contribution in [1.29, 1.82) is 0 Å². The van der Waals surface area contributed by atoms with Crippen LogP contribution in [0, 0.1) is 0 Å². The zero-order valence-corrected chi connectivity index (χ0v) is 17.7. The van der Waals surface area contributed by atoms with Gasteiger partial charge in [-0.25, -0.2) is 9.50 Å². The molecule has 0 radical (unpaired) electrons. The van der Waals surface area contributed by atoms with Crippen LogP contribution in [0.25, 0.3) is 28.2 Å². The molecule has 0 amide bonds. The van der Waals surface area contributed by atoms with Crippen molar-refractivity contribution in [2.75, 3.05) is 0 Å². The van der Waals surface area contributed by atoms with Crippen LogP contribution < -0.4 is 0 Å². The van der Waals surface area contributed by atoms with Crippen LogP contribution in [0.5, 0.6) is 0 Å². The number of hydrogen-bond donors (Lipinski definition) is 0. The molecule has 28 heavy (non-hydrogen) atoms. The minimum absolute atomic E-state index is 0.0812. The topological polar surface area (TPSA) is 30.2 Å². The normalized spacial score (nSPS) is 11.9. The van der Waals surface area contributed by atoms with E-state index >= 15 is 0 Å². The Morgan fingerprint density at radius 1 is 0.893 bits per heavy atom. The van der Waals surface area contributed by atoms with E-state index in [1.165, 1.54) is 0 Å². The molecule has 2 aromatic heterocycles. The van der Waals surface area contributed by atoms with E-state index in [2.05, 4.69) is 41.9 Å². The minimum atomic E-state index is -4.60. The molecule has 9 heteroatoms. The van der Waals surface area contributed by atoms with Gasteiger partial charge >= 0.3 is 6.18 Å². The number of fused-ring (bicyclic) bond motifs is 1. The Kier molecular flexibility index (Phi) is 4.97. The molecule has 142 valence electrons. The molecule has 4 aromatic rings. The maximum atomic E-state index is 13.7. The van der Waals surface area contributed by atoms with E-state index in [4.69, 9.17) is 11.6 Å². The maximum absolute atomic E-state index is 13.7. The van der Waals surface area contributed by atoms with Gasteiger partial charge in [-0.3, -0.25) is 0 Å². The van der Waals surface area contributed by atoms with Gasteiger partial charge in [0.05, 0.1) is 10.2 Å². The van der Waals surface area contributed by atoms with E-state index in [9.17, 15) is 13.2 Å². The van der Waals surface area contributed by atoms with Crippen LogP contribution in [-0.4, -0.2) is 14.6 Å². The molecular formula is C19H9Br2ClF3N3. The van der Waals surface area contributed by atoms with Gasteiger partial charge in [-0.2, -0.15) is 18.3 Å². The number of rotatable bonds is 2. The van der Waals surface area contributed by atoms with E-state index in [0.29, 0.717) is 26.3 Å². The first-order valence-electron chi connectivity index (χ1n) is 7.92. The lowest BCUT2D eigenvalue weighted by Crippen LogP contribution is -2.13. The average Bonchev–Trinajstić information content (AvgIpc) is 2.98. The summed E-state index contributed by atoms with van der Waals surface area (Å²) in [5.74, 6) is 0. The Morgan fingerprint density at radius 3 is 2.11 bits per heavy atom. The van der Waals surface area contributed by atoms with Gasteiger partial charge in [-0.1, -0.05) is 51.8 Å². The van der Waals surface area contributed by atoms with Crippen molar-refractivity contribution in [2.24, 2.45) is 0 Å². The fourth-order valence-electron chi connectivity index (χ4n) is 2.75. The Bertz CT molecular complexity index is 1170. The number of aromatic nitrogens is 3. The van der Waals surface area contributed by atoms with Gasteiger partial charge in [0, 0.05) is 20.6 Å². The fraction of sp³-hybridized carbons (Fsp3) is 0.0526. The first-order valence-corrected chi connectivity index (χ1v) is 9.89. The van der Waals surface area contributed by atoms with E-state index < -0.39 is 11.9 Å². The third-order valence-electron chi connectivity index (χ3n) is 4.08. The van der Waals surface area contributed by atoms with Crippen molar-refractivity contribution < 1.29 is 13.2 Å². The molecule has 0 aliphatic rings. The summed E-state index contributed by atoms with van der Waals surface area (Å²) in [5, 5.41) is 4.69. The quantitative estimate of drug-likeness (QED) is 0.273. The highest BCUT2D eigenvalue weighted by Crippen LogP contribution is 2.37. The van der Waals surface area contributed by atoms with Crippen LogP contribution in [-0.2, 0) is 6.18 Å². The highest BCUT2D eigenvalue weighted by atomic mass is 79.9. The van der Waals surface area contributed by atoms with Crippen molar-refractivity contribution in [3.05, 3.63) is 74.3 Å². The molecule has 0 bridgehead atoms. The van der Waals surface area contributed by atoms with Gasteiger partial charge in [0.1, 0.15) is 5.69 Å². The molecule has 0 atom stereocenters. The Labute approximate surface area is 179 Å². The standard InChI is InChI=1S/C19H9Br2ClF3N3/c20-12-5-1-10(2-6-12)14-9-15(19(23,24)25)28-18(26-14)16(21)17(27-28)11-3-7-13(22)8-4-11/h1-9H. The molecule has 4 rings (SSSR count). The maximum Gasteiger partial charge on any atom is 0.433 e. The first-order chi connectivity index (χ1) is 13.2. The summed E-state index contributed by atoms with van der Waals surface area (Å²) < 4.78 is 43.2. The van der Waals surface area contributed by atoms with Gasteiger partial charge in [-0.15, -0.1) is 0 Å². The molecule has 0 spiro atoms. The van der Waals surface area contributed by atoms with Gasteiger partial charge in [0.15, 0.2) is 11.3 Å². The van der Waals surface area contributed by atoms with Crippen LogP contribution in [0.3, 0.4) is 0 Å². The summed E-state index contributed by atoms with van der Waals surface area (Å²) >= 11 is 12.6. The molecule has 2 aromatic carbocycles. The minimum Gasteiger partial charge on any atom is -0.227 e. The van der Waals surface area contributed by atoms with Gasteiger partial charge in [-0.05, 0) is 46.3 Å². The molecule has 0 N–H and O–H groups in total. The zero-order valence-electron chi connectivity index (χ0n) is 13.8. The molecule has 0 saturated heterocycles. The summed E-state index contributed by atoms with van der Waals surface area (Å²) in [6.45, 7) is 0. The summed E-state index contributed by atoms with van der Waals surface area (Å²) in [6.07, 6.45) is -4.60. The smallest absolute Gasteiger partial charge is 0.227 e. The van der Waals surface area contributed by atoms with Gasteiger partial charge in [0.25, 0.3) is 0 Å². The highest BCUT2D eigenvalue weighted by molar-refractivity contribution is 9.11. The van der Waals surface area contributed by atoms with Crippen molar-refractivity contribution >= 4 is 49.1 Å². The molecule has 2 heterocycles. The molecule has 0 saturated carbocycles. The highest BCUT2D eigenvalue weighted by Gasteiger charge is 2.36. The average molecular weight is 532 g/mol. The third kappa shape index (κ3) is 3.56. The van der Waals surface area contributed by atoms with Crippen LogP contribution in [0.4, 0.5) is 13.2 Å². The molecule has 0 unspecified atom stereocenters. The summed E-state index contributed by atoms with van der Waals surface area (Å²) in [4.78, 5) is 4.42. The summed E-state index contributed by atoms with van der Waals surface area (Å²) in [5.41, 5.74) is 0.921. The predicted octanol–water partition coefficient (Wildman–Crippen LogP) is 7.26. The Hall–Kier alpha value is -1.90. The molecule has 0 aliphatic heterocycles. The van der Waals surface area contributed by atoms with E-state index in [0.717, 1.165) is 15.1 Å². The van der Waals surface area contributed by atoms with Crippen LogP contribution in [0.2, 0.25) is 5.02 Å². The number of alkyl halides is 3. The molecule has 3 nitrogen and oxygen atoms in total. The predicted molar refractivity (Wildman–Crippen MR) is 109 cm³/mol. The second-order valence-electron chi connectivity index (χ2n) is 5.94. The largest absolute Gasteiger partial charge is 0.433 e. The van der Waals surface area contributed by atoms with Crippen molar-refractivity contribution in [3.63, 3.8) is 0 Å². The second kappa shape index (κ2) is 7.17.